The van der Waals surface area contributed by atoms with E-state index >= 15 is 0 Å². The zero-order valence-electron chi connectivity index (χ0n) is 5.80. The van der Waals surface area contributed by atoms with Crippen molar-refractivity contribution in [3.63, 3.8) is 0 Å². The fourth-order valence-electron chi connectivity index (χ4n) is 1.13. The van der Waals surface area contributed by atoms with Crippen LogP contribution in [0.4, 0.5) is 4.79 Å². The molecule has 4 N–H and O–H groups in total. The molecule has 0 heterocycles. The number of hydrogen-bond acceptors (Lipinski definition) is 3. The van der Waals surface area contributed by atoms with Crippen LogP contribution in [0, 0.1) is 0 Å². The molecule has 58 valence electrons. The van der Waals surface area contributed by atoms with Crippen molar-refractivity contribution < 1.29 is 9.53 Å². The molecule has 4 nitrogen and oxygen atoms in total. The number of carbonyl (C=O) groups is 1. The fraction of sp³-hybridized carbons (Fsp3) is 0.833. The first-order chi connectivity index (χ1) is 4.68. The summed E-state index contributed by atoms with van der Waals surface area (Å²) in [5.74, 6) is 0. The van der Waals surface area contributed by atoms with Crippen LogP contribution in [-0.4, -0.2) is 18.2 Å². The largest absolute Gasteiger partial charge is 0.442 e. The molecule has 0 unspecified atom stereocenters. The Balaban J connectivity index is 2.40. The molecule has 0 aliphatic heterocycles. The summed E-state index contributed by atoms with van der Waals surface area (Å²) in [7, 11) is 0. The van der Waals surface area contributed by atoms with Crippen LogP contribution in [0.15, 0.2) is 0 Å². The van der Waals surface area contributed by atoms with Gasteiger partial charge in [-0.1, -0.05) is 0 Å². The van der Waals surface area contributed by atoms with Crippen LogP contribution in [0.25, 0.3) is 0 Å². The third-order valence-electron chi connectivity index (χ3n) is 1.95. The van der Waals surface area contributed by atoms with E-state index in [2.05, 4.69) is 0 Å². The third kappa shape index (κ3) is 1.21. The lowest BCUT2D eigenvalue weighted by Crippen LogP contribution is -2.49. The van der Waals surface area contributed by atoms with Gasteiger partial charge in [-0.3, -0.25) is 0 Å². The van der Waals surface area contributed by atoms with E-state index in [1.807, 2.05) is 0 Å². The van der Waals surface area contributed by atoms with Crippen molar-refractivity contribution in [2.24, 2.45) is 11.5 Å². The van der Waals surface area contributed by atoms with Crippen LogP contribution in [0.5, 0.6) is 0 Å². The van der Waals surface area contributed by atoms with Crippen LogP contribution in [-0.2, 0) is 4.74 Å². The maximum atomic E-state index is 10.3. The van der Waals surface area contributed by atoms with Gasteiger partial charge in [0.1, 0.15) is 5.60 Å². The Morgan fingerprint density at radius 3 is 2.30 bits per heavy atom. The Hall–Kier alpha value is -0.770. The van der Waals surface area contributed by atoms with Crippen LogP contribution < -0.4 is 11.5 Å². The average Bonchev–Trinajstić information content (AvgIpc) is 1.78. The van der Waals surface area contributed by atoms with Gasteiger partial charge in [0.25, 0.3) is 0 Å². The molecule has 4 heteroatoms. The van der Waals surface area contributed by atoms with E-state index in [0.29, 0.717) is 6.54 Å². The quantitative estimate of drug-likeness (QED) is 0.571. The second kappa shape index (κ2) is 2.46. The zero-order chi connectivity index (χ0) is 7.61. The molecule has 1 rings (SSSR count). The first-order valence-corrected chi connectivity index (χ1v) is 3.37. The molecule has 0 aromatic rings. The summed E-state index contributed by atoms with van der Waals surface area (Å²) in [4.78, 5) is 10.3. The van der Waals surface area contributed by atoms with Crippen molar-refractivity contribution in [1.82, 2.24) is 0 Å². The highest BCUT2D eigenvalue weighted by atomic mass is 16.6. The number of carbonyl (C=O) groups excluding carboxylic acids is 1. The van der Waals surface area contributed by atoms with Gasteiger partial charge in [-0.15, -0.1) is 0 Å². The van der Waals surface area contributed by atoms with Crippen LogP contribution in [0.2, 0.25) is 0 Å². The van der Waals surface area contributed by atoms with Gasteiger partial charge in [-0.05, 0) is 19.3 Å². The molecule has 0 radical (unpaired) electrons. The molecule has 0 spiro atoms. The van der Waals surface area contributed by atoms with Crippen molar-refractivity contribution >= 4 is 6.09 Å². The normalized spacial score (nSPS) is 21.3. The number of rotatable bonds is 2. The summed E-state index contributed by atoms with van der Waals surface area (Å²) in [6.45, 7) is 0.385. The van der Waals surface area contributed by atoms with Gasteiger partial charge in [0.2, 0.25) is 0 Å². The lowest BCUT2D eigenvalue weighted by atomic mass is 9.80. The molecule has 1 saturated carbocycles. The number of ether oxygens (including phenoxy) is 1. The van der Waals surface area contributed by atoms with Gasteiger partial charge in [0.15, 0.2) is 0 Å². The second-order valence-corrected chi connectivity index (χ2v) is 2.66. The van der Waals surface area contributed by atoms with Crippen molar-refractivity contribution in [3.8, 4) is 0 Å². The Labute approximate surface area is 59.5 Å². The molecule has 0 aromatic heterocycles. The zero-order valence-corrected chi connectivity index (χ0v) is 5.80. The Kier molecular flexibility index (Phi) is 1.80. The summed E-state index contributed by atoms with van der Waals surface area (Å²) < 4.78 is 4.84. The van der Waals surface area contributed by atoms with E-state index in [-0.39, 0.29) is 0 Å². The summed E-state index contributed by atoms with van der Waals surface area (Å²) in [6, 6.07) is 0. The Morgan fingerprint density at radius 2 is 2.20 bits per heavy atom. The SMILES string of the molecule is NCC1(OC(N)=O)CCC1. The summed E-state index contributed by atoms with van der Waals surface area (Å²) in [6.07, 6.45) is 2.06. The lowest BCUT2D eigenvalue weighted by Gasteiger charge is -2.39. The molecule has 1 aliphatic rings. The number of nitrogens with two attached hydrogens (primary N) is 2. The molecular formula is C6H12N2O2. The molecule has 0 aromatic carbocycles. The van der Waals surface area contributed by atoms with Gasteiger partial charge in [0.05, 0.1) is 0 Å². The van der Waals surface area contributed by atoms with Crippen molar-refractivity contribution in [2.75, 3.05) is 6.54 Å². The summed E-state index contributed by atoms with van der Waals surface area (Å²) >= 11 is 0. The standard InChI is InChI=1S/C6H12N2O2/c7-4-6(2-1-3-6)10-5(8)9/h1-4,7H2,(H2,8,9). The number of primary amides is 1. The number of hydrogen-bond donors (Lipinski definition) is 2. The smallest absolute Gasteiger partial charge is 0.405 e. The predicted molar refractivity (Wildman–Crippen MR) is 36.3 cm³/mol. The maximum Gasteiger partial charge on any atom is 0.405 e. The first kappa shape index (κ1) is 7.34. The molecule has 1 fully saturated rings. The van der Waals surface area contributed by atoms with E-state index in [0.717, 1.165) is 19.3 Å². The van der Waals surface area contributed by atoms with Gasteiger partial charge in [-0.25, -0.2) is 4.79 Å². The maximum absolute atomic E-state index is 10.3. The van der Waals surface area contributed by atoms with E-state index in [1.165, 1.54) is 0 Å². The highest BCUT2D eigenvalue weighted by Gasteiger charge is 2.38. The van der Waals surface area contributed by atoms with E-state index < -0.39 is 11.7 Å². The van der Waals surface area contributed by atoms with Crippen molar-refractivity contribution in [1.29, 1.82) is 0 Å². The highest BCUT2D eigenvalue weighted by Crippen LogP contribution is 2.34. The van der Waals surface area contributed by atoms with Crippen molar-refractivity contribution in [2.45, 2.75) is 24.9 Å². The molecule has 1 aliphatic carbocycles. The summed E-state index contributed by atoms with van der Waals surface area (Å²) in [5, 5.41) is 0. The molecular weight excluding hydrogens is 132 g/mol. The van der Waals surface area contributed by atoms with Gasteiger partial charge >= 0.3 is 6.09 Å². The predicted octanol–water partition coefficient (Wildman–Crippen LogP) is -0.0369. The second-order valence-electron chi connectivity index (χ2n) is 2.66. The third-order valence-corrected chi connectivity index (χ3v) is 1.95. The monoisotopic (exact) mass is 144 g/mol. The Bertz CT molecular complexity index is 137. The van der Waals surface area contributed by atoms with Crippen LogP contribution in [0.1, 0.15) is 19.3 Å². The highest BCUT2D eigenvalue weighted by molar-refractivity contribution is 5.65. The van der Waals surface area contributed by atoms with Gasteiger partial charge in [0, 0.05) is 6.54 Å². The van der Waals surface area contributed by atoms with E-state index in [1.54, 1.807) is 0 Å². The minimum atomic E-state index is -0.717. The molecule has 0 atom stereocenters. The fourth-order valence-corrected chi connectivity index (χ4v) is 1.13. The van der Waals surface area contributed by atoms with Gasteiger partial charge in [-0.2, -0.15) is 0 Å². The first-order valence-electron chi connectivity index (χ1n) is 3.37. The average molecular weight is 144 g/mol. The summed E-state index contributed by atoms with van der Waals surface area (Å²) in [5.41, 5.74) is 9.82. The van der Waals surface area contributed by atoms with Gasteiger partial charge < -0.3 is 16.2 Å². The number of amides is 1. The topological polar surface area (TPSA) is 78.3 Å². The molecule has 0 bridgehead atoms. The Morgan fingerprint density at radius 1 is 1.60 bits per heavy atom. The van der Waals surface area contributed by atoms with E-state index in [4.69, 9.17) is 16.2 Å². The molecule has 1 amide bonds. The molecule has 0 saturated heterocycles. The van der Waals surface area contributed by atoms with Crippen LogP contribution >= 0.6 is 0 Å². The van der Waals surface area contributed by atoms with E-state index in [9.17, 15) is 4.79 Å². The van der Waals surface area contributed by atoms with Crippen molar-refractivity contribution in [3.05, 3.63) is 0 Å². The van der Waals surface area contributed by atoms with Crippen LogP contribution in [0.3, 0.4) is 0 Å². The minimum absolute atomic E-state index is 0.385. The molecule has 10 heavy (non-hydrogen) atoms. The lowest BCUT2D eigenvalue weighted by molar-refractivity contribution is -0.0357. The minimum Gasteiger partial charge on any atom is -0.442 e.